The van der Waals surface area contributed by atoms with Gasteiger partial charge in [0.15, 0.2) is 0 Å². The molecule has 1 aromatic carbocycles. The third kappa shape index (κ3) is 2.76. The predicted octanol–water partition coefficient (Wildman–Crippen LogP) is 1.26. The summed E-state index contributed by atoms with van der Waals surface area (Å²) < 4.78 is 4.68. The van der Waals surface area contributed by atoms with Crippen molar-refractivity contribution in [1.29, 1.82) is 0 Å². The van der Waals surface area contributed by atoms with Crippen LogP contribution in [0.1, 0.15) is 18.4 Å². The van der Waals surface area contributed by atoms with Gasteiger partial charge in [-0.25, -0.2) is 4.79 Å². The van der Waals surface area contributed by atoms with Crippen LogP contribution in [0.3, 0.4) is 0 Å². The number of amides is 1. The number of carbonyl (C=O) groups excluding carboxylic acids is 2. The van der Waals surface area contributed by atoms with Gasteiger partial charge in [-0.2, -0.15) is 0 Å². The first-order valence-corrected chi connectivity index (χ1v) is 6.13. The van der Waals surface area contributed by atoms with Gasteiger partial charge in [-0.3, -0.25) is 14.9 Å². The van der Waals surface area contributed by atoms with Crippen LogP contribution in [0.5, 0.6) is 0 Å². The average molecular weight is 278 g/mol. The molecule has 7 heteroatoms. The van der Waals surface area contributed by atoms with Crippen LogP contribution in [0.4, 0.5) is 5.69 Å². The Morgan fingerprint density at radius 1 is 1.45 bits per heavy atom. The van der Waals surface area contributed by atoms with E-state index in [9.17, 15) is 19.7 Å². The lowest BCUT2D eigenvalue weighted by atomic mass is 10.1. The summed E-state index contributed by atoms with van der Waals surface area (Å²) in [6.07, 6.45) is 0.755. The van der Waals surface area contributed by atoms with E-state index < -0.39 is 16.9 Å². The molecule has 0 radical (unpaired) electrons. The van der Waals surface area contributed by atoms with Crippen molar-refractivity contribution >= 4 is 17.6 Å². The fourth-order valence-corrected chi connectivity index (χ4v) is 2.23. The van der Waals surface area contributed by atoms with Crippen molar-refractivity contribution < 1.29 is 19.2 Å². The van der Waals surface area contributed by atoms with Crippen molar-refractivity contribution in [3.8, 4) is 0 Å². The molecule has 2 rings (SSSR count). The largest absolute Gasteiger partial charge is 0.467 e. The number of likely N-dealkylation sites (tertiary alicyclic amines) is 1. The summed E-state index contributed by atoms with van der Waals surface area (Å²) in [5.74, 6) is -0.545. The number of nitro groups is 1. The topological polar surface area (TPSA) is 89.8 Å². The second-order valence-corrected chi connectivity index (χ2v) is 4.52. The van der Waals surface area contributed by atoms with Crippen LogP contribution in [-0.2, 0) is 20.9 Å². The standard InChI is InChI=1S/C13H14N2O5/c1-20-13(17)11-6-7-12(16)14(11)8-9-2-4-10(5-3-9)15(18)19/h2-5,11H,6-8H2,1H3/t11-/m0/s1. The number of hydrogen-bond acceptors (Lipinski definition) is 5. The third-order valence-corrected chi connectivity index (χ3v) is 3.30. The van der Waals surface area contributed by atoms with E-state index in [0.717, 1.165) is 5.56 Å². The van der Waals surface area contributed by atoms with E-state index in [2.05, 4.69) is 4.74 Å². The normalized spacial score (nSPS) is 18.1. The minimum absolute atomic E-state index is 0.00832. The zero-order valence-electron chi connectivity index (χ0n) is 10.9. The minimum atomic E-state index is -0.567. The molecule has 0 saturated carbocycles. The molecular weight excluding hydrogens is 264 g/mol. The van der Waals surface area contributed by atoms with Gasteiger partial charge in [0.25, 0.3) is 5.69 Å². The zero-order valence-corrected chi connectivity index (χ0v) is 10.9. The molecule has 1 aromatic rings. The molecular formula is C13H14N2O5. The number of hydrogen-bond donors (Lipinski definition) is 0. The average Bonchev–Trinajstić information content (AvgIpc) is 2.80. The van der Waals surface area contributed by atoms with Gasteiger partial charge in [0.1, 0.15) is 6.04 Å². The zero-order chi connectivity index (χ0) is 14.7. The summed E-state index contributed by atoms with van der Waals surface area (Å²) in [7, 11) is 1.29. The number of methoxy groups -OCH3 is 1. The molecule has 7 nitrogen and oxygen atoms in total. The predicted molar refractivity (Wildman–Crippen MR) is 68.7 cm³/mol. The lowest BCUT2D eigenvalue weighted by molar-refractivity contribution is -0.384. The van der Waals surface area contributed by atoms with Crippen LogP contribution in [0.2, 0.25) is 0 Å². The Kier molecular flexibility index (Phi) is 3.97. The van der Waals surface area contributed by atoms with E-state index >= 15 is 0 Å². The highest BCUT2D eigenvalue weighted by molar-refractivity contribution is 5.88. The van der Waals surface area contributed by atoms with Crippen molar-refractivity contribution in [2.75, 3.05) is 7.11 Å². The summed E-state index contributed by atoms with van der Waals surface area (Å²) in [4.78, 5) is 34.9. The van der Waals surface area contributed by atoms with Crippen molar-refractivity contribution in [3.63, 3.8) is 0 Å². The summed E-state index contributed by atoms with van der Waals surface area (Å²) >= 11 is 0. The summed E-state index contributed by atoms with van der Waals surface area (Å²) in [5, 5.41) is 10.6. The van der Waals surface area contributed by atoms with Gasteiger partial charge in [0.05, 0.1) is 12.0 Å². The van der Waals surface area contributed by atoms with Crippen LogP contribution in [0.25, 0.3) is 0 Å². The lowest BCUT2D eigenvalue weighted by Crippen LogP contribution is -2.38. The molecule has 1 aliphatic heterocycles. The lowest BCUT2D eigenvalue weighted by Gasteiger charge is -2.22. The summed E-state index contributed by atoms with van der Waals surface area (Å²) in [6, 6.07) is 5.35. The molecule has 0 bridgehead atoms. The van der Waals surface area contributed by atoms with E-state index in [1.807, 2.05) is 0 Å². The van der Waals surface area contributed by atoms with Gasteiger partial charge in [-0.15, -0.1) is 0 Å². The Morgan fingerprint density at radius 3 is 2.65 bits per heavy atom. The molecule has 0 aromatic heterocycles. The van der Waals surface area contributed by atoms with Gasteiger partial charge >= 0.3 is 5.97 Å². The first-order valence-electron chi connectivity index (χ1n) is 6.13. The Balaban J connectivity index is 2.12. The van der Waals surface area contributed by atoms with Crippen molar-refractivity contribution in [2.24, 2.45) is 0 Å². The third-order valence-electron chi connectivity index (χ3n) is 3.30. The first kappa shape index (κ1) is 14.0. The Labute approximate surface area is 115 Å². The molecule has 0 N–H and O–H groups in total. The van der Waals surface area contributed by atoms with Gasteiger partial charge in [-0.1, -0.05) is 12.1 Å². The molecule has 1 amide bonds. The van der Waals surface area contributed by atoms with Gasteiger partial charge in [0.2, 0.25) is 5.91 Å². The van der Waals surface area contributed by atoms with E-state index in [0.29, 0.717) is 12.8 Å². The quantitative estimate of drug-likeness (QED) is 0.470. The number of benzene rings is 1. The molecule has 0 unspecified atom stereocenters. The maximum absolute atomic E-state index is 11.8. The fraction of sp³-hybridized carbons (Fsp3) is 0.385. The van der Waals surface area contributed by atoms with Crippen LogP contribution >= 0.6 is 0 Å². The minimum Gasteiger partial charge on any atom is -0.467 e. The van der Waals surface area contributed by atoms with Gasteiger partial charge in [-0.05, 0) is 12.0 Å². The van der Waals surface area contributed by atoms with Crippen molar-refractivity contribution in [1.82, 2.24) is 4.90 Å². The molecule has 0 aliphatic carbocycles. The highest BCUT2D eigenvalue weighted by atomic mass is 16.6. The number of esters is 1. The van der Waals surface area contributed by atoms with E-state index in [1.165, 1.54) is 24.1 Å². The second-order valence-electron chi connectivity index (χ2n) is 4.52. The van der Waals surface area contributed by atoms with Crippen LogP contribution in [0.15, 0.2) is 24.3 Å². The Bertz CT molecular complexity index is 540. The van der Waals surface area contributed by atoms with Crippen LogP contribution < -0.4 is 0 Å². The Hall–Kier alpha value is -2.44. The smallest absolute Gasteiger partial charge is 0.328 e. The van der Waals surface area contributed by atoms with E-state index in [1.54, 1.807) is 12.1 Å². The van der Waals surface area contributed by atoms with Gasteiger partial charge < -0.3 is 9.64 Å². The highest BCUT2D eigenvalue weighted by Gasteiger charge is 2.36. The summed E-state index contributed by atoms with van der Waals surface area (Å²) in [6.45, 7) is 0.247. The van der Waals surface area contributed by atoms with E-state index in [-0.39, 0.29) is 18.1 Å². The van der Waals surface area contributed by atoms with Crippen LogP contribution in [0, 0.1) is 10.1 Å². The number of nitrogens with zero attached hydrogens (tertiary/aromatic N) is 2. The van der Waals surface area contributed by atoms with Crippen molar-refractivity contribution in [2.45, 2.75) is 25.4 Å². The number of carbonyl (C=O) groups is 2. The molecule has 20 heavy (non-hydrogen) atoms. The first-order chi connectivity index (χ1) is 9.52. The fourth-order valence-electron chi connectivity index (χ4n) is 2.23. The van der Waals surface area contributed by atoms with E-state index in [4.69, 9.17) is 0 Å². The number of nitro benzene ring substituents is 1. The maximum atomic E-state index is 11.8. The monoisotopic (exact) mass is 278 g/mol. The summed E-state index contributed by atoms with van der Waals surface area (Å²) in [5.41, 5.74) is 0.728. The molecule has 1 heterocycles. The molecule has 1 saturated heterocycles. The number of ether oxygens (including phenoxy) is 1. The molecule has 0 spiro atoms. The van der Waals surface area contributed by atoms with Gasteiger partial charge in [0, 0.05) is 25.1 Å². The molecule has 106 valence electrons. The maximum Gasteiger partial charge on any atom is 0.328 e. The molecule has 1 atom stereocenters. The Morgan fingerprint density at radius 2 is 2.10 bits per heavy atom. The van der Waals surface area contributed by atoms with Crippen molar-refractivity contribution in [3.05, 3.63) is 39.9 Å². The molecule has 1 fully saturated rings. The number of rotatable bonds is 4. The second kappa shape index (κ2) is 5.68. The van der Waals surface area contributed by atoms with Crippen LogP contribution in [-0.4, -0.2) is 34.9 Å². The molecule has 1 aliphatic rings. The number of non-ortho nitro benzene ring substituents is 1. The highest BCUT2D eigenvalue weighted by Crippen LogP contribution is 2.23. The SMILES string of the molecule is COC(=O)[C@@H]1CCC(=O)N1Cc1ccc([N+](=O)[O-])cc1.